The van der Waals surface area contributed by atoms with Crippen LogP contribution in [-0.4, -0.2) is 19.2 Å². The van der Waals surface area contributed by atoms with E-state index in [-0.39, 0.29) is 12.1 Å². The highest BCUT2D eigenvalue weighted by atomic mass is 16.5. The molecule has 0 bridgehead atoms. The number of hydrogen-bond donors (Lipinski definition) is 0. The van der Waals surface area contributed by atoms with E-state index < -0.39 is 0 Å². The van der Waals surface area contributed by atoms with Crippen molar-refractivity contribution in [3.8, 4) is 16.9 Å². The monoisotopic (exact) mass is 346 g/mol. The molecule has 0 aliphatic heterocycles. The molecule has 0 amide bonds. The molecule has 0 heterocycles. The summed E-state index contributed by atoms with van der Waals surface area (Å²) < 4.78 is 10.9. The van der Waals surface area contributed by atoms with Gasteiger partial charge in [0.1, 0.15) is 11.9 Å². The van der Waals surface area contributed by atoms with E-state index in [4.69, 9.17) is 9.47 Å². The molecule has 26 heavy (non-hydrogen) atoms. The summed E-state index contributed by atoms with van der Waals surface area (Å²) in [6.45, 7) is 1.91. The first kappa shape index (κ1) is 17.7. The zero-order valence-electron chi connectivity index (χ0n) is 15.0. The smallest absolute Gasteiger partial charge is 0.339 e. The van der Waals surface area contributed by atoms with E-state index in [2.05, 4.69) is 0 Å². The second-order valence-corrected chi connectivity index (χ2v) is 6.18. The molecule has 3 heteroatoms. The van der Waals surface area contributed by atoms with Gasteiger partial charge >= 0.3 is 5.97 Å². The molecule has 132 valence electrons. The normalized spacial score (nSPS) is 11.6. The predicted octanol–water partition coefficient (Wildman–Crippen LogP) is 5.15. The van der Waals surface area contributed by atoms with Crippen LogP contribution in [0.5, 0.6) is 5.75 Å². The van der Waals surface area contributed by atoms with Crippen LogP contribution in [0.3, 0.4) is 0 Å². The Kier molecular flexibility index (Phi) is 5.69. The van der Waals surface area contributed by atoms with Crippen LogP contribution in [0, 0.1) is 0 Å². The summed E-state index contributed by atoms with van der Waals surface area (Å²) in [5.41, 5.74) is 3.57. The second-order valence-electron chi connectivity index (χ2n) is 6.18. The maximum atomic E-state index is 12.7. The number of carbonyl (C=O) groups is 1. The lowest BCUT2D eigenvalue weighted by Crippen LogP contribution is -2.18. The maximum Gasteiger partial charge on any atom is 0.339 e. The van der Waals surface area contributed by atoms with Gasteiger partial charge in [0.2, 0.25) is 0 Å². The van der Waals surface area contributed by atoms with E-state index in [1.165, 1.54) is 0 Å². The summed E-state index contributed by atoms with van der Waals surface area (Å²) in [7, 11) is 1.64. The van der Waals surface area contributed by atoms with E-state index in [1.807, 2.05) is 85.8 Å². The minimum absolute atomic E-state index is 0.222. The van der Waals surface area contributed by atoms with Crippen LogP contribution in [0.4, 0.5) is 0 Å². The highest BCUT2D eigenvalue weighted by molar-refractivity contribution is 5.97. The molecule has 1 atom stereocenters. The van der Waals surface area contributed by atoms with E-state index in [0.717, 1.165) is 22.4 Å². The molecular weight excluding hydrogens is 324 g/mol. The average Bonchev–Trinajstić information content (AvgIpc) is 2.69. The third-order valence-electron chi connectivity index (χ3n) is 4.22. The molecule has 0 fully saturated rings. The van der Waals surface area contributed by atoms with Crippen molar-refractivity contribution < 1.29 is 14.3 Å². The van der Waals surface area contributed by atoms with Crippen LogP contribution in [0.1, 0.15) is 22.8 Å². The zero-order chi connectivity index (χ0) is 18.4. The fraction of sp³-hybridized carbons (Fsp3) is 0.174. The van der Waals surface area contributed by atoms with Crippen molar-refractivity contribution in [3.63, 3.8) is 0 Å². The summed E-state index contributed by atoms with van der Waals surface area (Å²) in [5, 5.41) is 0. The molecule has 0 spiro atoms. The lowest BCUT2D eigenvalue weighted by molar-refractivity contribution is 0.0344. The van der Waals surface area contributed by atoms with Crippen LogP contribution in [0.25, 0.3) is 11.1 Å². The summed E-state index contributed by atoms with van der Waals surface area (Å²) >= 11 is 0. The Hall–Kier alpha value is -3.07. The Morgan fingerprint density at radius 1 is 0.885 bits per heavy atom. The van der Waals surface area contributed by atoms with Gasteiger partial charge in [-0.15, -0.1) is 0 Å². The Morgan fingerprint density at radius 3 is 2.23 bits per heavy atom. The minimum atomic E-state index is -0.300. The third-order valence-corrected chi connectivity index (χ3v) is 4.22. The SMILES string of the molecule is COc1ccc(CC(C)OC(=O)c2ccccc2-c2ccccc2)cc1. The van der Waals surface area contributed by atoms with E-state index in [0.29, 0.717) is 12.0 Å². The van der Waals surface area contributed by atoms with E-state index >= 15 is 0 Å². The standard InChI is InChI=1S/C23H22O3/c1-17(16-18-12-14-20(25-2)15-13-18)26-23(24)22-11-7-6-10-21(22)19-8-4-3-5-9-19/h3-15,17H,16H2,1-2H3. The van der Waals surface area contributed by atoms with Crippen molar-refractivity contribution in [2.45, 2.75) is 19.4 Å². The zero-order valence-corrected chi connectivity index (χ0v) is 15.0. The van der Waals surface area contributed by atoms with Gasteiger partial charge in [0.25, 0.3) is 0 Å². The number of methoxy groups -OCH3 is 1. The van der Waals surface area contributed by atoms with Gasteiger partial charge in [0.05, 0.1) is 12.7 Å². The van der Waals surface area contributed by atoms with Crippen molar-refractivity contribution >= 4 is 5.97 Å². The van der Waals surface area contributed by atoms with Crippen molar-refractivity contribution in [1.82, 2.24) is 0 Å². The average molecular weight is 346 g/mol. The fourth-order valence-corrected chi connectivity index (χ4v) is 2.91. The van der Waals surface area contributed by atoms with Crippen LogP contribution in [-0.2, 0) is 11.2 Å². The molecule has 3 rings (SSSR count). The Labute approximate surface area is 154 Å². The third kappa shape index (κ3) is 4.31. The van der Waals surface area contributed by atoms with Gasteiger partial charge in [-0.25, -0.2) is 4.79 Å². The molecule has 0 aliphatic rings. The lowest BCUT2D eigenvalue weighted by Gasteiger charge is -2.15. The number of rotatable bonds is 6. The maximum absolute atomic E-state index is 12.7. The first-order valence-electron chi connectivity index (χ1n) is 8.65. The molecule has 0 N–H and O–H groups in total. The number of benzene rings is 3. The van der Waals surface area contributed by atoms with Crippen molar-refractivity contribution in [2.24, 2.45) is 0 Å². The van der Waals surface area contributed by atoms with Gasteiger partial charge in [-0.05, 0) is 41.8 Å². The van der Waals surface area contributed by atoms with Crippen molar-refractivity contribution in [1.29, 1.82) is 0 Å². The Morgan fingerprint density at radius 2 is 1.54 bits per heavy atom. The van der Waals surface area contributed by atoms with Crippen LogP contribution >= 0.6 is 0 Å². The topological polar surface area (TPSA) is 35.5 Å². The van der Waals surface area contributed by atoms with Gasteiger partial charge in [0, 0.05) is 6.42 Å². The summed E-state index contributed by atoms with van der Waals surface area (Å²) in [4.78, 5) is 12.7. The highest BCUT2D eigenvalue weighted by Crippen LogP contribution is 2.24. The fourth-order valence-electron chi connectivity index (χ4n) is 2.91. The molecule has 0 saturated heterocycles. The van der Waals surface area contributed by atoms with Gasteiger partial charge in [0.15, 0.2) is 0 Å². The van der Waals surface area contributed by atoms with Gasteiger partial charge < -0.3 is 9.47 Å². The van der Waals surface area contributed by atoms with E-state index in [9.17, 15) is 4.79 Å². The first-order chi connectivity index (χ1) is 12.7. The van der Waals surface area contributed by atoms with Crippen LogP contribution in [0.2, 0.25) is 0 Å². The lowest BCUT2D eigenvalue weighted by atomic mass is 10.00. The number of carbonyl (C=O) groups excluding carboxylic acids is 1. The van der Waals surface area contributed by atoms with E-state index in [1.54, 1.807) is 7.11 Å². The molecular formula is C23H22O3. The predicted molar refractivity (Wildman–Crippen MR) is 103 cm³/mol. The molecule has 1 unspecified atom stereocenters. The van der Waals surface area contributed by atoms with Crippen LogP contribution in [0.15, 0.2) is 78.9 Å². The number of hydrogen-bond acceptors (Lipinski definition) is 3. The molecule has 0 aliphatic carbocycles. The minimum Gasteiger partial charge on any atom is -0.497 e. The Balaban J connectivity index is 1.71. The number of ether oxygens (including phenoxy) is 2. The molecule has 0 aromatic heterocycles. The molecule has 3 aromatic carbocycles. The molecule has 0 saturated carbocycles. The van der Waals surface area contributed by atoms with Gasteiger partial charge in [-0.3, -0.25) is 0 Å². The largest absolute Gasteiger partial charge is 0.497 e. The molecule has 0 radical (unpaired) electrons. The number of esters is 1. The first-order valence-corrected chi connectivity index (χ1v) is 8.65. The van der Waals surface area contributed by atoms with Gasteiger partial charge in [-0.1, -0.05) is 60.7 Å². The highest BCUT2D eigenvalue weighted by Gasteiger charge is 2.16. The van der Waals surface area contributed by atoms with Crippen molar-refractivity contribution in [2.75, 3.05) is 7.11 Å². The quantitative estimate of drug-likeness (QED) is 0.579. The van der Waals surface area contributed by atoms with Crippen LogP contribution < -0.4 is 4.74 Å². The summed E-state index contributed by atoms with van der Waals surface area (Å²) in [6.07, 6.45) is 0.434. The van der Waals surface area contributed by atoms with Crippen molar-refractivity contribution in [3.05, 3.63) is 90.0 Å². The summed E-state index contributed by atoms with van der Waals surface area (Å²) in [5.74, 6) is 0.514. The molecule has 3 aromatic rings. The second kappa shape index (κ2) is 8.34. The Bertz CT molecular complexity index is 854. The van der Waals surface area contributed by atoms with Gasteiger partial charge in [-0.2, -0.15) is 0 Å². The molecule has 3 nitrogen and oxygen atoms in total. The summed E-state index contributed by atoms with van der Waals surface area (Å²) in [6, 6.07) is 25.2.